The van der Waals surface area contributed by atoms with Crippen molar-refractivity contribution >= 4 is 28.5 Å². The van der Waals surface area contributed by atoms with Crippen molar-refractivity contribution in [3.8, 4) is 0 Å². The first-order chi connectivity index (χ1) is 13.0. The number of nitrogens with one attached hydrogen (secondary N) is 2. The fraction of sp³-hybridized carbons (Fsp3) is 0.250. The van der Waals surface area contributed by atoms with Gasteiger partial charge >= 0.3 is 0 Å². The zero-order valence-electron chi connectivity index (χ0n) is 14.9. The molecule has 0 aromatic heterocycles. The first-order valence-corrected chi connectivity index (χ1v) is 8.82. The van der Waals surface area contributed by atoms with Crippen molar-refractivity contribution in [2.45, 2.75) is 0 Å². The van der Waals surface area contributed by atoms with E-state index in [9.17, 15) is 13.6 Å². The van der Waals surface area contributed by atoms with E-state index in [0.717, 1.165) is 26.2 Å². The molecule has 2 aliphatic rings. The molecule has 0 radical (unpaired) electrons. The first-order valence-electron chi connectivity index (χ1n) is 8.82. The quantitative estimate of drug-likeness (QED) is 0.815. The smallest absolute Gasteiger partial charge is 0.257 e. The molecule has 0 bridgehead atoms. The summed E-state index contributed by atoms with van der Waals surface area (Å²) >= 11 is 0. The van der Waals surface area contributed by atoms with Gasteiger partial charge in [0.2, 0.25) is 0 Å². The van der Waals surface area contributed by atoms with E-state index in [1.165, 1.54) is 24.4 Å². The lowest BCUT2D eigenvalue weighted by molar-refractivity contribution is -0.110. The van der Waals surface area contributed by atoms with Crippen LogP contribution in [0.5, 0.6) is 0 Å². The number of benzene rings is 2. The molecule has 1 saturated heterocycles. The monoisotopic (exact) mass is 370 g/mol. The number of piperazine rings is 1. The molecule has 0 spiro atoms. The van der Waals surface area contributed by atoms with Crippen LogP contribution < -0.4 is 15.5 Å². The van der Waals surface area contributed by atoms with Crippen LogP contribution in [0.2, 0.25) is 0 Å². The van der Waals surface area contributed by atoms with E-state index in [4.69, 9.17) is 0 Å². The molecular weight excluding hydrogens is 350 g/mol. The van der Waals surface area contributed by atoms with Crippen molar-refractivity contribution in [1.82, 2.24) is 4.90 Å². The molecule has 27 heavy (non-hydrogen) atoms. The van der Waals surface area contributed by atoms with Gasteiger partial charge in [0.1, 0.15) is 11.6 Å². The number of halogens is 2. The second-order valence-corrected chi connectivity index (χ2v) is 6.80. The van der Waals surface area contributed by atoms with Gasteiger partial charge in [0.15, 0.2) is 0 Å². The summed E-state index contributed by atoms with van der Waals surface area (Å²) in [5.74, 6) is -1.04. The minimum Gasteiger partial charge on any atom is -0.367 e. The van der Waals surface area contributed by atoms with Crippen molar-refractivity contribution < 1.29 is 13.6 Å². The Morgan fingerprint density at radius 3 is 2.59 bits per heavy atom. The summed E-state index contributed by atoms with van der Waals surface area (Å²) in [4.78, 5) is 16.3. The number of hydrogen-bond acceptors (Lipinski definition) is 4. The molecule has 0 saturated carbocycles. The molecule has 2 aromatic carbocycles. The number of nitrogens with zero attached hydrogens (tertiary/aromatic N) is 2. The third-order valence-electron chi connectivity index (χ3n) is 4.94. The van der Waals surface area contributed by atoms with Gasteiger partial charge in [0, 0.05) is 43.6 Å². The molecule has 5 nitrogen and oxygen atoms in total. The van der Waals surface area contributed by atoms with E-state index < -0.39 is 5.82 Å². The van der Waals surface area contributed by atoms with Crippen LogP contribution in [0.15, 0.2) is 42.6 Å². The minimum absolute atomic E-state index is 0.304. The Morgan fingerprint density at radius 1 is 1.07 bits per heavy atom. The van der Waals surface area contributed by atoms with Crippen LogP contribution in [0.25, 0.3) is 5.57 Å². The summed E-state index contributed by atoms with van der Waals surface area (Å²) < 4.78 is 27.8. The number of amides is 1. The second kappa shape index (κ2) is 7.00. The van der Waals surface area contributed by atoms with Gasteiger partial charge in [0.25, 0.3) is 5.91 Å². The predicted octanol–water partition coefficient (Wildman–Crippen LogP) is 3.12. The number of fused-ring (bicyclic) bond motifs is 1. The lowest BCUT2D eigenvalue weighted by Gasteiger charge is -2.34. The molecule has 7 heteroatoms. The Balaban J connectivity index is 1.52. The SMILES string of the molecule is CN1CCN(c2ccc(N/C=C3/C(=O)Nc4cc(F)ccc43)cc2F)CC1. The molecular formula is C20H20F2N4O. The van der Waals surface area contributed by atoms with Crippen LogP contribution in [-0.4, -0.2) is 44.0 Å². The molecule has 2 heterocycles. The average molecular weight is 370 g/mol. The highest BCUT2D eigenvalue weighted by Gasteiger charge is 2.24. The largest absolute Gasteiger partial charge is 0.367 e. The Bertz CT molecular complexity index is 920. The third-order valence-corrected chi connectivity index (χ3v) is 4.94. The van der Waals surface area contributed by atoms with Gasteiger partial charge in [-0.25, -0.2) is 8.78 Å². The molecule has 2 aromatic rings. The van der Waals surface area contributed by atoms with Gasteiger partial charge in [-0.05, 0) is 43.4 Å². The Hall–Kier alpha value is -2.93. The molecule has 2 N–H and O–H groups in total. The van der Waals surface area contributed by atoms with Gasteiger partial charge in [-0.1, -0.05) is 0 Å². The van der Waals surface area contributed by atoms with E-state index >= 15 is 0 Å². The van der Waals surface area contributed by atoms with Crippen molar-refractivity contribution in [2.24, 2.45) is 0 Å². The summed E-state index contributed by atoms with van der Waals surface area (Å²) in [7, 11) is 2.06. The molecule has 2 aliphatic heterocycles. The number of rotatable bonds is 3. The standard InChI is InChI=1S/C20H20F2N4O/c1-25-6-8-26(9-7-25)19-5-3-14(11-17(19)22)23-12-16-15-4-2-13(21)10-18(15)24-20(16)27/h2-5,10-12,23H,6-9H2,1H3,(H,24,27)/b16-12+. The number of carbonyl (C=O) groups excluding carboxylic acids is 1. The third kappa shape index (κ3) is 3.50. The van der Waals surface area contributed by atoms with Crippen LogP contribution >= 0.6 is 0 Å². The molecule has 1 fully saturated rings. The number of hydrogen-bond donors (Lipinski definition) is 2. The van der Waals surface area contributed by atoms with Gasteiger partial charge in [0.05, 0.1) is 16.9 Å². The first kappa shape index (κ1) is 17.5. The molecule has 4 rings (SSSR count). The molecule has 0 aliphatic carbocycles. The van der Waals surface area contributed by atoms with Crippen LogP contribution in [0.3, 0.4) is 0 Å². The number of likely N-dealkylation sites (N-methyl/N-ethyl adjacent to an activating group) is 1. The van der Waals surface area contributed by atoms with Crippen molar-refractivity contribution in [2.75, 3.05) is 48.8 Å². The zero-order valence-corrected chi connectivity index (χ0v) is 14.9. The predicted molar refractivity (Wildman–Crippen MR) is 103 cm³/mol. The van der Waals surface area contributed by atoms with Crippen molar-refractivity contribution in [1.29, 1.82) is 0 Å². The van der Waals surface area contributed by atoms with E-state index in [1.54, 1.807) is 18.2 Å². The number of anilines is 3. The van der Waals surface area contributed by atoms with E-state index in [0.29, 0.717) is 28.2 Å². The average Bonchev–Trinajstić information content (AvgIpc) is 2.95. The van der Waals surface area contributed by atoms with Crippen molar-refractivity contribution in [3.63, 3.8) is 0 Å². The number of carbonyl (C=O) groups is 1. The van der Waals surface area contributed by atoms with Crippen molar-refractivity contribution in [3.05, 3.63) is 59.8 Å². The highest BCUT2D eigenvalue weighted by molar-refractivity contribution is 6.31. The molecule has 0 atom stereocenters. The second-order valence-electron chi connectivity index (χ2n) is 6.80. The zero-order chi connectivity index (χ0) is 19.0. The topological polar surface area (TPSA) is 47.6 Å². The fourth-order valence-electron chi connectivity index (χ4n) is 3.37. The Kier molecular flexibility index (Phi) is 4.53. The summed E-state index contributed by atoms with van der Waals surface area (Å²) in [6.45, 7) is 3.39. The Labute approximate surface area is 156 Å². The fourth-order valence-corrected chi connectivity index (χ4v) is 3.37. The van der Waals surface area contributed by atoms with Crippen LogP contribution in [0, 0.1) is 11.6 Å². The lowest BCUT2D eigenvalue weighted by Crippen LogP contribution is -2.44. The van der Waals surface area contributed by atoms with E-state index in [1.807, 2.05) is 4.90 Å². The van der Waals surface area contributed by atoms with E-state index in [2.05, 4.69) is 22.6 Å². The van der Waals surface area contributed by atoms with Crippen LogP contribution in [-0.2, 0) is 4.79 Å². The lowest BCUT2D eigenvalue weighted by atomic mass is 10.1. The van der Waals surface area contributed by atoms with Gasteiger partial charge in [-0.3, -0.25) is 4.79 Å². The molecule has 1 amide bonds. The summed E-state index contributed by atoms with van der Waals surface area (Å²) in [5.41, 5.74) is 2.56. The van der Waals surface area contributed by atoms with Crippen LogP contribution in [0.1, 0.15) is 5.56 Å². The highest BCUT2D eigenvalue weighted by atomic mass is 19.1. The molecule has 0 unspecified atom stereocenters. The van der Waals surface area contributed by atoms with Gasteiger partial charge < -0.3 is 20.4 Å². The summed E-state index contributed by atoms with van der Waals surface area (Å²) in [6, 6.07) is 9.08. The molecule has 140 valence electrons. The van der Waals surface area contributed by atoms with E-state index in [-0.39, 0.29) is 11.7 Å². The maximum Gasteiger partial charge on any atom is 0.257 e. The maximum atomic E-state index is 14.6. The van der Waals surface area contributed by atoms with Gasteiger partial charge in [-0.15, -0.1) is 0 Å². The maximum absolute atomic E-state index is 14.6. The Morgan fingerprint density at radius 2 is 1.85 bits per heavy atom. The minimum atomic E-state index is -0.412. The normalized spacial score (nSPS) is 18.6. The van der Waals surface area contributed by atoms with Gasteiger partial charge in [-0.2, -0.15) is 0 Å². The summed E-state index contributed by atoms with van der Waals surface area (Å²) in [6.07, 6.45) is 1.52. The summed E-state index contributed by atoms with van der Waals surface area (Å²) in [5, 5.41) is 5.59. The highest BCUT2D eigenvalue weighted by Crippen LogP contribution is 2.32. The van der Waals surface area contributed by atoms with Crippen LogP contribution in [0.4, 0.5) is 25.8 Å².